The zero-order chi connectivity index (χ0) is 14.3. The largest absolute Gasteiger partial charge is 0.478 e. The van der Waals surface area contributed by atoms with Crippen molar-refractivity contribution in [2.75, 3.05) is 0 Å². The van der Waals surface area contributed by atoms with Crippen molar-refractivity contribution in [2.45, 2.75) is 51.5 Å². The van der Waals surface area contributed by atoms with Crippen LogP contribution in [0.15, 0.2) is 18.2 Å². The minimum absolute atomic E-state index is 0.108. The van der Waals surface area contributed by atoms with E-state index >= 15 is 0 Å². The maximum Gasteiger partial charge on any atom is 0.335 e. The topological polar surface area (TPSA) is 55.1 Å². The molecule has 0 aliphatic heterocycles. The number of fused-ring (bicyclic) bond motifs is 1. The minimum atomic E-state index is -0.879. The molecule has 1 saturated carbocycles. The van der Waals surface area contributed by atoms with Crippen molar-refractivity contribution in [1.82, 2.24) is 9.55 Å². The summed E-state index contributed by atoms with van der Waals surface area (Å²) in [6, 6.07) is 5.24. The molecule has 1 aromatic heterocycles. The molecule has 0 bridgehead atoms. The first-order chi connectivity index (χ1) is 9.55. The number of rotatable bonds is 4. The summed E-state index contributed by atoms with van der Waals surface area (Å²) in [4.78, 5) is 15.9. The van der Waals surface area contributed by atoms with Gasteiger partial charge in [0.05, 0.1) is 16.6 Å². The van der Waals surface area contributed by atoms with Crippen molar-refractivity contribution in [2.24, 2.45) is 0 Å². The molecular weight excluding hydrogens is 252 g/mol. The Morgan fingerprint density at radius 3 is 2.75 bits per heavy atom. The van der Waals surface area contributed by atoms with Gasteiger partial charge in [-0.2, -0.15) is 0 Å². The molecule has 0 atom stereocenters. The van der Waals surface area contributed by atoms with Crippen molar-refractivity contribution in [1.29, 1.82) is 0 Å². The maximum absolute atomic E-state index is 11.2. The molecule has 4 nitrogen and oxygen atoms in total. The maximum atomic E-state index is 11.2. The SMILES string of the molecule is CCCc1nc2ccc(C(=O)O)cc2n1C1(C)CCC1. The molecule has 4 heteroatoms. The third-order valence-corrected chi connectivity index (χ3v) is 4.42. The molecular formula is C16H20N2O2. The van der Waals surface area contributed by atoms with Crippen molar-refractivity contribution in [3.8, 4) is 0 Å². The van der Waals surface area contributed by atoms with Gasteiger partial charge in [0.15, 0.2) is 0 Å². The zero-order valence-corrected chi connectivity index (χ0v) is 12.0. The van der Waals surface area contributed by atoms with Gasteiger partial charge in [0.1, 0.15) is 5.82 Å². The third-order valence-electron chi connectivity index (χ3n) is 4.42. The summed E-state index contributed by atoms with van der Waals surface area (Å²) in [6.45, 7) is 4.40. The van der Waals surface area contributed by atoms with E-state index in [1.807, 2.05) is 6.07 Å². The van der Waals surface area contributed by atoms with Gasteiger partial charge in [0.2, 0.25) is 0 Å². The van der Waals surface area contributed by atoms with E-state index in [2.05, 4.69) is 18.4 Å². The van der Waals surface area contributed by atoms with Crippen LogP contribution in [0, 0.1) is 0 Å². The Labute approximate surface area is 118 Å². The van der Waals surface area contributed by atoms with Gasteiger partial charge < -0.3 is 9.67 Å². The van der Waals surface area contributed by atoms with Crippen molar-refractivity contribution in [3.63, 3.8) is 0 Å². The van der Waals surface area contributed by atoms with Gasteiger partial charge in [0, 0.05) is 12.0 Å². The first-order valence-corrected chi connectivity index (χ1v) is 7.30. The molecule has 0 radical (unpaired) electrons. The minimum Gasteiger partial charge on any atom is -0.478 e. The third kappa shape index (κ3) is 1.90. The van der Waals surface area contributed by atoms with E-state index in [1.165, 1.54) is 6.42 Å². The first-order valence-electron chi connectivity index (χ1n) is 7.30. The fourth-order valence-electron chi connectivity index (χ4n) is 3.16. The number of benzene rings is 1. The summed E-state index contributed by atoms with van der Waals surface area (Å²) >= 11 is 0. The van der Waals surface area contributed by atoms with Gasteiger partial charge in [0.25, 0.3) is 0 Å². The lowest BCUT2D eigenvalue weighted by atomic mass is 9.78. The Kier molecular flexibility index (Phi) is 3.04. The van der Waals surface area contributed by atoms with E-state index in [1.54, 1.807) is 12.1 Å². The lowest BCUT2D eigenvalue weighted by Crippen LogP contribution is -2.38. The number of hydrogen-bond donors (Lipinski definition) is 1. The summed E-state index contributed by atoms with van der Waals surface area (Å²) in [5.41, 5.74) is 2.32. The lowest BCUT2D eigenvalue weighted by Gasteiger charge is -2.41. The van der Waals surface area contributed by atoms with E-state index in [9.17, 15) is 9.90 Å². The van der Waals surface area contributed by atoms with E-state index in [-0.39, 0.29) is 5.54 Å². The number of aryl methyl sites for hydroxylation is 1. The highest BCUT2D eigenvalue weighted by molar-refractivity contribution is 5.92. The number of carboxylic acids is 1. The van der Waals surface area contributed by atoms with Crippen LogP contribution in [-0.2, 0) is 12.0 Å². The number of hydrogen-bond acceptors (Lipinski definition) is 2. The molecule has 20 heavy (non-hydrogen) atoms. The van der Waals surface area contributed by atoms with Crippen LogP contribution in [0.1, 0.15) is 55.7 Å². The van der Waals surface area contributed by atoms with Gasteiger partial charge in [-0.05, 0) is 50.8 Å². The fourth-order valence-corrected chi connectivity index (χ4v) is 3.16. The van der Waals surface area contributed by atoms with E-state index in [0.29, 0.717) is 5.56 Å². The molecule has 1 heterocycles. The Hall–Kier alpha value is -1.84. The number of aromatic carboxylic acids is 1. The van der Waals surface area contributed by atoms with Crippen molar-refractivity contribution in [3.05, 3.63) is 29.6 Å². The van der Waals surface area contributed by atoms with Crippen LogP contribution in [0.3, 0.4) is 0 Å². The number of imidazole rings is 1. The van der Waals surface area contributed by atoms with Crippen molar-refractivity contribution < 1.29 is 9.90 Å². The second-order valence-electron chi connectivity index (χ2n) is 5.97. The average Bonchev–Trinajstić information content (AvgIpc) is 2.73. The second-order valence-corrected chi connectivity index (χ2v) is 5.97. The van der Waals surface area contributed by atoms with Crippen LogP contribution in [0.5, 0.6) is 0 Å². The predicted molar refractivity (Wildman–Crippen MR) is 78.2 cm³/mol. The van der Waals surface area contributed by atoms with E-state index in [0.717, 1.165) is 42.5 Å². The van der Waals surface area contributed by atoms with Crippen LogP contribution < -0.4 is 0 Å². The smallest absolute Gasteiger partial charge is 0.335 e. The summed E-state index contributed by atoms with van der Waals surface area (Å²) < 4.78 is 2.29. The molecule has 1 fully saturated rings. The summed E-state index contributed by atoms with van der Waals surface area (Å²) in [6.07, 6.45) is 5.51. The lowest BCUT2D eigenvalue weighted by molar-refractivity contribution is 0.0697. The second kappa shape index (κ2) is 4.62. The molecule has 0 saturated heterocycles. The molecule has 1 aromatic carbocycles. The molecule has 0 unspecified atom stereocenters. The zero-order valence-electron chi connectivity index (χ0n) is 12.0. The highest BCUT2D eigenvalue weighted by Crippen LogP contribution is 2.42. The van der Waals surface area contributed by atoms with Gasteiger partial charge in [-0.1, -0.05) is 6.92 Å². The van der Waals surface area contributed by atoms with Gasteiger partial charge in [-0.25, -0.2) is 9.78 Å². The molecule has 1 aliphatic carbocycles. The highest BCUT2D eigenvalue weighted by atomic mass is 16.4. The quantitative estimate of drug-likeness (QED) is 0.925. The molecule has 1 aliphatic rings. The fraction of sp³-hybridized carbons (Fsp3) is 0.500. The Bertz CT molecular complexity index is 668. The van der Waals surface area contributed by atoms with Crippen molar-refractivity contribution >= 4 is 17.0 Å². The summed E-state index contributed by atoms with van der Waals surface area (Å²) in [5.74, 6) is 0.211. The van der Waals surface area contributed by atoms with Gasteiger partial charge in [-0.15, -0.1) is 0 Å². The van der Waals surface area contributed by atoms with Crippen LogP contribution in [0.25, 0.3) is 11.0 Å². The Morgan fingerprint density at radius 1 is 1.45 bits per heavy atom. The monoisotopic (exact) mass is 272 g/mol. The van der Waals surface area contributed by atoms with Crippen LogP contribution in [0.4, 0.5) is 0 Å². The highest BCUT2D eigenvalue weighted by Gasteiger charge is 2.36. The molecule has 1 N–H and O–H groups in total. The number of carbonyl (C=O) groups is 1. The molecule has 2 aromatic rings. The van der Waals surface area contributed by atoms with Gasteiger partial charge >= 0.3 is 5.97 Å². The number of nitrogens with zero attached hydrogens (tertiary/aromatic N) is 2. The number of aromatic nitrogens is 2. The summed E-state index contributed by atoms with van der Waals surface area (Å²) in [7, 11) is 0. The molecule has 0 spiro atoms. The Morgan fingerprint density at radius 2 is 2.20 bits per heavy atom. The first kappa shape index (κ1) is 13.2. The predicted octanol–water partition coefficient (Wildman–Crippen LogP) is 3.59. The molecule has 106 valence electrons. The van der Waals surface area contributed by atoms with Gasteiger partial charge in [-0.3, -0.25) is 0 Å². The molecule has 3 rings (SSSR count). The van der Waals surface area contributed by atoms with E-state index in [4.69, 9.17) is 4.98 Å². The summed E-state index contributed by atoms with van der Waals surface area (Å²) in [5, 5.41) is 9.19. The van der Waals surface area contributed by atoms with E-state index < -0.39 is 5.97 Å². The van der Waals surface area contributed by atoms with Crippen LogP contribution in [-0.4, -0.2) is 20.6 Å². The number of carboxylic acid groups (broad SMARTS) is 1. The molecule has 0 amide bonds. The normalized spacial score (nSPS) is 17.1. The van der Waals surface area contributed by atoms with Crippen LogP contribution >= 0.6 is 0 Å². The van der Waals surface area contributed by atoms with Crippen LogP contribution in [0.2, 0.25) is 0 Å². The average molecular weight is 272 g/mol. The standard InChI is InChI=1S/C16H20N2O2/c1-3-5-14-17-12-7-6-11(15(19)20)10-13(12)18(14)16(2)8-4-9-16/h6-7,10H,3-5,8-9H2,1-2H3,(H,19,20). The Balaban J connectivity index is 2.23.